The quantitative estimate of drug-likeness (QED) is 0.775. The predicted molar refractivity (Wildman–Crippen MR) is 85.1 cm³/mol. The zero-order valence-corrected chi connectivity index (χ0v) is 14.0. The molecule has 1 fully saturated rings. The smallest absolute Gasteiger partial charge is 0.131 e. The summed E-state index contributed by atoms with van der Waals surface area (Å²) >= 11 is 3.48. The lowest BCUT2D eigenvalue weighted by atomic mass is 9.75. The van der Waals surface area contributed by atoms with Crippen LogP contribution in [0.5, 0.6) is 0 Å². The Morgan fingerprint density at radius 2 is 2.00 bits per heavy atom. The summed E-state index contributed by atoms with van der Waals surface area (Å²) in [5.41, 5.74) is 2.84. The molecule has 0 radical (unpaired) electrons. The van der Waals surface area contributed by atoms with E-state index in [1.54, 1.807) is 0 Å². The number of anilines is 1. The molecule has 1 aliphatic rings. The lowest BCUT2D eigenvalue weighted by Crippen LogP contribution is -2.57. The lowest BCUT2D eigenvalue weighted by molar-refractivity contribution is 0.0681. The van der Waals surface area contributed by atoms with Gasteiger partial charge in [-0.3, -0.25) is 0 Å². The van der Waals surface area contributed by atoms with Crippen LogP contribution in [0.15, 0.2) is 12.3 Å². The molecule has 0 bridgehead atoms. The summed E-state index contributed by atoms with van der Waals surface area (Å²) in [4.78, 5) is 9.32. The Balaban J connectivity index is 2.13. The summed E-state index contributed by atoms with van der Waals surface area (Å²) in [5.74, 6) is 1.11. The van der Waals surface area contributed by atoms with E-state index in [0.29, 0.717) is 5.54 Å². The highest BCUT2D eigenvalue weighted by Crippen LogP contribution is 2.37. The van der Waals surface area contributed by atoms with Gasteiger partial charge in [0.2, 0.25) is 0 Å². The molecule has 0 aromatic carbocycles. The van der Waals surface area contributed by atoms with Crippen molar-refractivity contribution in [1.82, 2.24) is 9.88 Å². The lowest BCUT2D eigenvalue weighted by Gasteiger charge is -2.49. The van der Waals surface area contributed by atoms with Gasteiger partial charge in [0, 0.05) is 30.7 Å². The third kappa shape index (κ3) is 2.95. The Hall–Kier alpha value is -0.610. The summed E-state index contributed by atoms with van der Waals surface area (Å²) in [5, 5.41) is 0.868. The second-order valence-electron chi connectivity index (χ2n) is 5.95. The third-order valence-electron chi connectivity index (χ3n) is 4.39. The summed E-state index contributed by atoms with van der Waals surface area (Å²) in [6.45, 7) is 3.20. The molecule has 0 saturated heterocycles. The highest BCUT2D eigenvalue weighted by Gasteiger charge is 2.40. The van der Waals surface area contributed by atoms with Gasteiger partial charge in [0.25, 0.3) is 0 Å². The molecule has 0 aliphatic heterocycles. The summed E-state index contributed by atoms with van der Waals surface area (Å²) in [6.07, 6.45) is 5.91. The Labute approximate surface area is 125 Å². The van der Waals surface area contributed by atoms with Crippen molar-refractivity contribution >= 4 is 21.7 Å². The topological polar surface area (TPSA) is 19.4 Å². The molecule has 19 heavy (non-hydrogen) atoms. The second kappa shape index (κ2) is 5.80. The van der Waals surface area contributed by atoms with Crippen LogP contribution in [0.25, 0.3) is 0 Å². The Kier molecular flexibility index (Phi) is 4.51. The minimum Gasteiger partial charge on any atom is -0.358 e. The molecule has 3 nitrogen and oxygen atoms in total. The minimum atomic E-state index is 0.344. The van der Waals surface area contributed by atoms with Crippen LogP contribution in [0.1, 0.15) is 30.4 Å². The molecule has 0 amide bonds. The minimum absolute atomic E-state index is 0.344. The molecule has 106 valence electrons. The van der Waals surface area contributed by atoms with Gasteiger partial charge in [0.15, 0.2) is 0 Å². The predicted octanol–water partition coefficient (Wildman–Crippen LogP) is 3.21. The fraction of sp³-hybridized carbons (Fsp3) is 0.667. The van der Waals surface area contributed by atoms with Gasteiger partial charge in [0.05, 0.1) is 0 Å². The molecule has 0 unspecified atom stereocenters. The first kappa shape index (κ1) is 14.8. The molecule has 4 heteroatoms. The Bertz CT molecular complexity index is 441. The average Bonchev–Trinajstić information content (AvgIpc) is 2.32. The monoisotopic (exact) mass is 325 g/mol. The fourth-order valence-electron chi connectivity index (χ4n) is 2.95. The zero-order chi connectivity index (χ0) is 14.0. The molecule has 1 aromatic rings. The highest BCUT2D eigenvalue weighted by atomic mass is 79.9. The largest absolute Gasteiger partial charge is 0.358 e. The Morgan fingerprint density at radius 3 is 2.42 bits per heavy atom. The molecule has 1 aromatic heterocycles. The molecule has 0 atom stereocenters. The van der Waals surface area contributed by atoms with Gasteiger partial charge in [-0.2, -0.15) is 0 Å². The molecule has 0 N–H and O–H groups in total. The second-order valence-corrected chi connectivity index (χ2v) is 6.51. The first-order valence-corrected chi connectivity index (χ1v) is 8.01. The maximum Gasteiger partial charge on any atom is 0.131 e. The van der Waals surface area contributed by atoms with Gasteiger partial charge < -0.3 is 9.80 Å². The molecule has 0 spiro atoms. The number of hydrogen-bond acceptors (Lipinski definition) is 3. The molecule has 1 aliphatic carbocycles. The molecule has 1 heterocycles. The van der Waals surface area contributed by atoms with E-state index in [4.69, 9.17) is 0 Å². The van der Waals surface area contributed by atoms with E-state index in [2.05, 4.69) is 64.8 Å². The van der Waals surface area contributed by atoms with Crippen LogP contribution in [0.4, 0.5) is 5.82 Å². The van der Waals surface area contributed by atoms with Crippen molar-refractivity contribution < 1.29 is 0 Å². The van der Waals surface area contributed by atoms with Crippen LogP contribution in [0.2, 0.25) is 0 Å². The van der Waals surface area contributed by atoms with Crippen LogP contribution >= 0.6 is 15.9 Å². The first-order chi connectivity index (χ1) is 8.98. The van der Waals surface area contributed by atoms with E-state index in [9.17, 15) is 0 Å². The van der Waals surface area contributed by atoms with Crippen molar-refractivity contribution in [3.8, 4) is 0 Å². The van der Waals surface area contributed by atoms with Crippen molar-refractivity contribution in [2.45, 2.75) is 37.1 Å². The molecule has 1 saturated carbocycles. The van der Waals surface area contributed by atoms with Crippen molar-refractivity contribution in [3.63, 3.8) is 0 Å². The van der Waals surface area contributed by atoms with Gasteiger partial charge in [-0.15, -0.1) is 0 Å². The normalized spacial score (nSPS) is 17.4. The number of hydrogen-bond donors (Lipinski definition) is 0. The molecular weight excluding hydrogens is 302 g/mol. The number of alkyl halides is 1. The number of rotatable bonds is 5. The molecule has 2 rings (SSSR count). The number of aryl methyl sites for hydroxylation is 1. The van der Waals surface area contributed by atoms with Crippen molar-refractivity contribution in [2.24, 2.45) is 0 Å². The number of pyridine rings is 1. The van der Waals surface area contributed by atoms with Crippen LogP contribution in [0.3, 0.4) is 0 Å². The van der Waals surface area contributed by atoms with E-state index < -0.39 is 0 Å². The van der Waals surface area contributed by atoms with E-state index >= 15 is 0 Å². The third-order valence-corrected chi connectivity index (χ3v) is 5.04. The van der Waals surface area contributed by atoms with Crippen LogP contribution in [-0.4, -0.2) is 43.1 Å². The maximum absolute atomic E-state index is 4.63. The molecular formula is C15H24BrN3. The summed E-state index contributed by atoms with van der Waals surface area (Å²) in [7, 11) is 6.55. The Morgan fingerprint density at radius 1 is 1.32 bits per heavy atom. The van der Waals surface area contributed by atoms with Crippen LogP contribution < -0.4 is 4.90 Å². The van der Waals surface area contributed by atoms with Gasteiger partial charge >= 0.3 is 0 Å². The van der Waals surface area contributed by atoms with E-state index in [-0.39, 0.29) is 0 Å². The fourth-order valence-corrected chi connectivity index (χ4v) is 3.25. The zero-order valence-electron chi connectivity index (χ0n) is 12.4. The van der Waals surface area contributed by atoms with E-state index in [0.717, 1.165) is 17.7 Å². The van der Waals surface area contributed by atoms with E-state index in [1.165, 1.54) is 30.4 Å². The maximum atomic E-state index is 4.63. The number of halogens is 1. The van der Waals surface area contributed by atoms with Gasteiger partial charge in [-0.25, -0.2) is 4.98 Å². The first-order valence-electron chi connectivity index (χ1n) is 6.88. The standard InChI is InChI=1S/C15H24BrN3/c1-12-8-13(9-16)10-17-14(12)19(4)11-15(18(2)3)6-5-7-15/h8,10H,5-7,9,11H2,1-4H3. The van der Waals surface area contributed by atoms with Crippen molar-refractivity contribution in [3.05, 3.63) is 23.4 Å². The van der Waals surface area contributed by atoms with Crippen LogP contribution in [0, 0.1) is 6.92 Å². The summed E-state index contributed by atoms with van der Waals surface area (Å²) in [6, 6.07) is 2.22. The summed E-state index contributed by atoms with van der Waals surface area (Å²) < 4.78 is 0. The van der Waals surface area contributed by atoms with Crippen molar-refractivity contribution in [2.75, 3.05) is 32.6 Å². The van der Waals surface area contributed by atoms with Crippen molar-refractivity contribution in [1.29, 1.82) is 0 Å². The van der Waals surface area contributed by atoms with Gasteiger partial charge in [0.1, 0.15) is 5.82 Å². The van der Waals surface area contributed by atoms with Gasteiger partial charge in [-0.05, 0) is 51.4 Å². The SMILES string of the molecule is Cc1cc(CBr)cnc1N(C)CC1(N(C)C)CCC1. The highest BCUT2D eigenvalue weighted by molar-refractivity contribution is 9.08. The average molecular weight is 326 g/mol. The van der Waals surface area contributed by atoms with E-state index in [1.807, 2.05) is 6.20 Å². The number of likely N-dealkylation sites (N-methyl/N-ethyl adjacent to an activating group) is 2. The van der Waals surface area contributed by atoms with Crippen LogP contribution in [-0.2, 0) is 5.33 Å². The number of nitrogens with zero attached hydrogens (tertiary/aromatic N) is 3. The van der Waals surface area contributed by atoms with Gasteiger partial charge in [-0.1, -0.05) is 22.0 Å². The number of aromatic nitrogens is 1.